The number of ether oxygens (including phenoxy) is 1. The number of nitrogens with one attached hydrogen (secondary N) is 2. The zero-order valence-electron chi connectivity index (χ0n) is 20.7. The molecular formula is C27H30N4O5S. The summed E-state index contributed by atoms with van der Waals surface area (Å²) in [6.45, 7) is 0.554. The van der Waals surface area contributed by atoms with Gasteiger partial charge in [0.15, 0.2) is 0 Å². The zero-order chi connectivity index (χ0) is 26.4. The fourth-order valence-electron chi connectivity index (χ4n) is 4.16. The largest absolute Gasteiger partial charge is 0.497 e. The Kier molecular flexibility index (Phi) is 8.10. The maximum Gasteiger partial charge on any atom is 0.330 e. The van der Waals surface area contributed by atoms with Crippen molar-refractivity contribution in [3.05, 3.63) is 96.1 Å². The van der Waals surface area contributed by atoms with E-state index < -0.39 is 28.2 Å². The highest BCUT2D eigenvalue weighted by molar-refractivity contribution is 7.87. The van der Waals surface area contributed by atoms with E-state index in [0.29, 0.717) is 11.4 Å². The normalized spacial score (nSPS) is 14.8. The van der Waals surface area contributed by atoms with Crippen LogP contribution in [0, 0.1) is 0 Å². The highest BCUT2D eigenvalue weighted by Crippen LogP contribution is 2.28. The number of hydrogen-bond donors (Lipinski definition) is 2. The van der Waals surface area contributed by atoms with E-state index in [1.54, 1.807) is 38.4 Å². The number of carbonyl (C=O) groups excluding carboxylic acids is 2. The standard InChI is InChI=1S/C27H30N4O5S/c1-30(23-13-15-24(36-2)16-14-23)26(32)25(17-20-9-5-3-6-10-20)28-27(33)29-37(34,35)31-18-22(19-31)21-11-7-4-8-12-21/h3-16,22,25H,17-19H2,1-2H3,(H2,28,29,33). The molecule has 0 aliphatic carbocycles. The summed E-state index contributed by atoms with van der Waals surface area (Å²) in [7, 11) is -0.902. The van der Waals surface area contributed by atoms with E-state index >= 15 is 0 Å². The van der Waals surface area contributed by atoms with E-state index in [-0.39, 0.29) is 25.4 Å². The number of amides is 3. The Hall–Kier alpha value is -3.89. The van der Waals surface area contributed by atoms with Crippen molar-refractivity contribution in [3.8, 4) is 5.75 Å². The summed E-state index contributed by atoms with van der Waals surface area (Å²) in [6, 6.07) is 23.8. The lowest BCUT2D eigenvalue weighted by Gasteiger charge is -2.38. The minimum Gasteiger partial charge on any atom is -0.497 e. The Morgan fingerprint density at radius 2 is 1.57 bits per heavy atom. The number of rotatable bonds is 9. The van der Waals surface area contributed by atoms with Gasteiger partial charge in [0.2, 0.25) is 5.91 Å². The van der Waals surface area contributed by atoms with E-state index in [0.717, 1.165) is 11.1 Å². The van der Waals surface area contributed by atoms with Crippen LogP contribution in [0.5, 0.6) is 5.75 Å². The molecule has 0 spiro atoms. The Balaban J connectivity index is 1.43. The Morgan fingerprint density at radius 3 is 2.16 bits per heavy atom. The minimum atomic E-state index is -4.06. The number of carbonyl (C=O) groups is 2. The van der Waals surface area contributed by atoms with Crippen LogP contribution < -0.4 is 19.7 Å². The van der Waals surface area contributed by atoms with Crippen molar-refractivity contribution in [2.24, 2.45) is 0 Å². The molecule has 0 aromatic heterocycles. The Morgan fingerprint density at radius 1 is 0.973 bits per heavy atom. The highest BCUT2D eigenvalue weighted by Gasteiger charge is 2.38. The maximum absolute atomic E-state index is 13.4. The quantitative estimate of drug-likeness (QED) is 0.449. The van der Waals surface area contributed by atoms with Gasteiger partial charge in [0.05, 0.1) is 7.11 Å². The van der Waals surface area contributed by atoms with Crippen LogP contribution in [0.15, 0.2) is 84.9 Å². The first-order chi connectivity index (χ1) is 17.8. The van der Waals surface area contributed by atoms with E-state index in [2.05, 4.69) is 10.0 Å². The van der Waals surface area contributed by atoms with Gasteiger partial charge in [-0.2, -0.15) is 12.7 Å². The molecule has 1 saturated heterocycles. The lowest BCUT2D eigenvalue weighted by atomic mass is 9.94. The van der Waals surface area contributed by atoms with Gasteiger partial charge >= 0.3 is 16.2 Å². The topological polar surface area (TPSA) is 108 Å². The lowest BCUT2D eigenvalue weighted by Crippen LogP contribution is -2.58. The van der Waals surface area contributed by atoms with Gasteiger partial charge in [-0.15, -0.1) is 0 Å². The van der Waals surface area contributed by atoms with Crippen molar-refractivity contribution >= 4 is 27.8 Å². The molecule has 37 heavy (non-hydrogen) atoms. The lowest BCUT2D eigenvalue weighted by molar-refractivity contribution is -0.120. The smallest absolute Gasteiger partial charge is 0.330 e. The van der Waals surface area contributed by atoms with E-state index in [1.165, 1.54) is 9.21 Å². The molecule has 3 aromatic carbocycles. The second kappa shape index (κ2) is 11.4. The predicted octanol–water partition coefficient (Wildman–Crippen LogP) is 2.91. The number of benzene rings is 3. The zero-order valence-corrected chi connectivity index (χ0v) is 21.5. The fourth-order valence-corrected chi connectivity index (χ4v) is 5.33. The molecule has 194 valence electrons. The maximum atomic E-state index is 13.4. The van der Waals surface area contributed by atoms with Crippen LogP contribution in [-0.4, -0.2) is 58.0 Å². The van der Waals surface area contributed by atoms with Crippen molar-refractivity contribution in [2.45, 2.75) is 18.4 Å². The summed E-state index contributed by atoms with van der Waals surface area (Å²) in [5, 5.41) is 2.57. The Bertz CT molecular complexity index is 1310. The van der Waals surface area contributed by atoms with Gasteiger partial charge in [0, 0.05) is 38.2 Å². The van der Waals surface area contributed by atoms with Crippen LogP contribution >= 0.6 is 0 Å². The third-order valence-electron chi connectivity index (χ3n) is 6.36. The second-order valence-electron chi connectivity index (χ2n) is 8.84. The fraction of sp³-hybridized carbons (Fsp3) is 0.259. The van der Waals surface area contributed by atoms with Gasteiger partial charge in [0.1, 0.15) is 11.8 Å². The number of methoxy groups -OCH3 is 1. The third kappa shape index (κ3) is 6.46. The van der Waals surface area contributed by atoms with Crippen molar-refractivity contribution < 1.29 is 22.7 Å². The molecule has 1 atom stereocenters. The van der Waals surface area contributed by atoms with Gasteiger partial charge in [-0.25, -0.2) is 9.52 Å². The van der Waals surface area contributed by atoms with Crippen LogP contribution in [0.3, 0.4) is 0 Å². The van der Waals surface area contributed by atoms with Crippen LogP contribution in [0.2, 0.25) is 0 Å². The average molecular weight is 523 g/mol. The van der Waals surface area contributed by atoms with Crippen molar-refractivity contribution in [1.82, 2.24) is 14.3 Å². The number of urea groups is 1. The third-order valence-corrected chi connectivity index (χ3v) is 7.78. The molecule has 3 amide bonds. The first kappa shape index (κ1) is 26.2. The average Bonchev–Trinajstić information content (AvgIpc) is 2.87. The van der Waals surface area contributed by atoms with Crippen molar-refractivity contribution in [2.75, 3.05) is 32.1 Å². The summed E-state index contributed by atoms with van der Waals surface area (Å²) >= 11 is 0. The van der Waals surface area contributed by atoms with Crippen molar-refractivity contribution in [1.29, 1.82) is 0 Å². The van der Waals surface area contributed by atoms with Crippen LogP contribution in [0.25, 0.3) is 0 Å². The van der Waals surface area contributed by atoms with Gasteiger partial charge in [-0.3, -0.25) is 4.79 Å². The Labute approximate surface area is 217 Å². The molecule has 9 nitrogen and oxygen atoms in total. The second-order valence-corrected chi connectivity index (χ2v) is 10.5. The summed E-state index contributed by atoms with van der Waals surface area (Å²) in [5.74, 6) is 0.328. The first-order valence-corrected chi connectivity index (χ1v) is 13.3. The van der Waals surface area contributed by atoms with Crippen LogP contribution in [-0.2, 0) is 21.4 Å². The first-order valence-electron chi connectivity index (χ1n) is 11.9. The number of likely N-dealkylation sites (N-methyl/N-ethyl adjacent to an activating group) is 1. The van der Waals surface area contributed by atoms with Gasteiger partial charge in [-0.1, -0.05) is 60.7 Å². The molecule has 4 rings (SSSR count). The molecule has 1 fully saturated rings. The number of hydrogen-bond acceptors (Lipinski definition) is 5. The van der Waals surface area contributed by atoms with Gasteiger partial charge in [0.25, 0.3) is 0 Å². The highest BCUT2D eigenvalue weighted by atomic mass is 32.2. The molecule has 1 heterocycles. The van der Waals surface area contributed by atoms with Crippen LogP contribution in [0.1, 0.15) is 17.0 Å². The molecule has 0 radical (unpaired) electrons. The van der Waals surface area contributed by atoms with Crippen molar-refractivity contribution in [3.63, 3.8) is 0 Å². The number of anilines is 1. The van der Waals surface area contributed by atoms with E-state index in [1.807, 2.05) is 60.7 Å². The molecule has 1 aliphatic rings. The molecule has 1 unspecified atom stereocenters. The predicted molar refractivity (Wildman–Crippen MR) is 142 cm³/mol. The molecule has 1 aliphatic heterocycles. The van der Waals surface area contributed by atoms with E-state index in [4.69, 9.17) is 4.74 Å². The molecule has 10 heteroatoms. The molecule has 0 bridgehead atoms. The summed E-state index contributed by atoms with van der Waals surface area (Å²) in [5.41, 5.74) is 2.47. The molecule has 2 N–H and O–H groups in total. The van der Waals surface area contributed by atoms with Gasteiger partial charge in [-0.05, 0) is 35.4 Å². The molecular weight excluding hydrogens is 492 g/mol. The summed E-state index contributed by atoms with van der Waals surface area (Å²) in [4.78, 5) is 27.6. The van der Waals surface area contributed by atoms with E-state index in [9.17, 15) is 18.0 Å². The number of nitrogens with zero attached hydrogens (tertiary/aromatic N) is 2. The minimum absolute atomic E-state index is 0.0754. The summed E-state index contributed by atoms with van der Waals surface area (Å²) < 4.78 is 34.0. The monoisotopic (exact) mass is 522 g/mol. The van der Waals surface area contributed by atoms with Gasteiger partial charge < -0.3 is 15.0 Å². The van der Waals surface area contributed by atoms with Crippen LogP contribution in [0.4, 0.5) is 10.5 Å². The summed E-state index contributed by atoms with van der Waals surface area (Å²) in [6.07, 6.45) is 0.188. The molecule has 3 aromatic rings. The molecule has 0 saturated carbocycles. The SMILES string of the molecule is COc1ccc(N(C)C(=O)C(Cc2ccccc2)NC(=O)NS(=O)(=O)N2CC(c3ccccc3)C2)cc1.